The second-order valence-electron chi connectivity index (χ2n) is 3.45. The third-order valence-corrected chi connectivity index (χ3v) is 3.29. The largest absolute Gasteiger partial charge is 0.423 e. The van der Waals surface area contributed by atoms with Crippen LogP contribution in [0.1, 0.15) is 5.56 Å². The van der Waals surface area contributed by atoms with Gasteiger partial charge in [0, 0.05) is 0 Å². The Kier molecular flexibility index (Phi) is 1.93. The van der Waals surface area contributed by atoms with E-state index in [9.17, 15) is 0 Å². The van der Waals surface area contributed by atoms with Crippen LogP contribution in [-0.4, -0.2) is 6.92 Å². The second kappa shape index (κ2) is 3.26. The Morgan fingerprint density at radius 3 is 3.00 bits per heavy atom. The summed E-state index contributed by atoms with van der Waals surface area (Å²) in [6.07, 6.45) is 0. The highest BCUT2D eigenvalue weighted by molar-refractivity contribution is 7.09. The van der Waals surface area contributed by atoms with Gasteiger partial charge in [-0.05, 0) is 27.2 Å². The zero-order chi connectivity index (χ0) is 9.38. The van der Waals surface area contributed by atoms with Crippen LogP contribution in [-0.2, 0) is 11.3 Å². The van der Waals surface area contributed by atoms with Crippen molar-refractivity contribution in [2.45, 2.75) is 6.61 Å². The lowest BCUT2D eigenvalue weighted by Crippen LogP contribution is -2.40. The van der Waals surface area contributed by atoms with Crippen LogP contribution in [0.25, 0.3) is 0 Å². The molecule has 14 heavy (non-hydrogen) atoms. The van der Waals surface area contributed by atoms with Gasteiger partial charge in [0.25, 0.3) is 0 Å². The molecule has 3 rings (SSSR count). The third-order valence-electron chi connectivity index (χ3n) is 2.59. The molecule has 2 aromatic rings. The standard InChI is InChI=1S/C11H9BOS/c1-2-4-11-9(3-1)7-13-12(11)10-5-6-14-8-10/h1-6,8H,7H2. The van der Waals surface area contributed by atoms with E-state index < -0.39 is 0 Å². The Balaban J connectivity index is 2.06. The fourth-order valence-corrected chi connectivity index (χ4v) is 2.56. The maximum Gasteiger partial charge on any atom is 0.363 e. The van der Waals surface area contributed by atoms with E-state index in [-0.39, 0.29) is 6.92 Å². The van der Waals surface area contributed by atoms with Crippen LogP contribution in [0.3, 0.4) is 0 Å². The Bertz CT molecular complexity index is 438. The lowest BCUT2D eigenvalue weighted by atomic mass is 9.57. The average molecular weight is 200 g/mol. The molecule has 0 amide bonds. The molecule has 1 aliphatic rings. The van der Waals surface area contributed by atoms with Gasteiger partial charge in [-0.1, -0.05) is 30.3 Å². The molecule has 2 heterocycles. The van der Waals surface area contributed by atoms with Crippen molar-refractivity contribution in [2.75, 3.05) is 0 Å². The molecule has 0 unspecified atom stereocenters. The van der Waals surface area contributed by atoms with E-state index in [1.807, 2.05) is 0 Å². The van der Waals surface area contributed by atoms with Crippen LogP contribution in [0.2, 0.25) is 0 Å². The fourth-order valence-electron chi connectivity index (χ4n) is 1.88. The molecule has 1 aromatic heterocycles. The summed E-state index contributed by atoms with van der Waals surface area (Å²) in [6.45, 7) is 0.911. The molecule has 0 fully saturated rings. The molecule has 0 saturated carbocycles. The molecule has 0 radical (unpaired) electrons. The van der Waals surface area contributed by atoms with Gasteiger partial charge >= 0.3 is 6.92 Å². The Morgan fingerprint density at radius 2 is 2.14 bits per heavy atom. The van der Waals surface area contributed by atoms with Crippen molar-refractivity contribution in [2.24, 2.45) is 0 Å². The van der Waals surface area contributed by atoms with Crippen molar-refractivity contribution in [1.29, 1.82) is 0 Å². The summed E-state index contributed by atoms with van der Waals surface area (Å²) < 4.78 is 5.77. The van der Waals surface area contributed by atoms with Crippen LogP contribution in [0, 0.1) is 0 Å². The molecular formula is C11H9BOS. The molecule has 0 saturated heterocycles. The normalized spacial score (nSPS) is 14.4. The fraction of sp³-hybridized carbons (Fsp3) is 0.0909. The Hall–Kier alpha value is -1.06. The van der Waals surface area contributed by atoms with E-state index >= 15 is 0 Å². The number of hydrogen-bond acceptors (Lipinski definition) is 2. The van der Waals surface area contributed by atoms with Crippen molar-refractivity contribution in [1.82, 2.24) is 0 Å². The predicted octanol–water partition coefficient (Wildman–Crippen LogP) is 1.38. The van der Waals surface area contributed by atoms with E-state index in [1.54, 1.807) is 11.3 Å². The van der Waals surface area contributed by atoms with E-state index in [0.29, 0.717) is 0 Å². The summed E-state index contributed by atoms with van der Waals surface area (Å²) in [4.78, 5) is 0. The van der Waals surface area contributed by atoms with Crippen molar-refractivity contribution >= 4 is 29.2 Å². The highest BCUT2D eigenvalue weighted by Crippen LogP contribution is 2.11. The van der Waals surface area contributed by atoms with Gasteiger partial charge in [-0.15, -0.1) is 0 Å². The average Bonchev–Trinajstić information content (AvgIpc) is 2.85. The van der Waals surface area contributed by atoms with E-state index in [1.165, 1.54) is 16.5 Å². The molecule has 0 aliphatic carbocycles. The molecule has 1 nitrogen and oxygen atoms in total. The van der Waals surface area contributed by atoms with E-state index in [2.05, 4.69) is 41.1 Å². The van der Waals surface area contributed by atoms with Gasteiger partial charge in [0.05, 0.1) is 6.61 Å². The first-order valence-corrected chi connectivity index (χ1v) is 5.61. The highest BCUT2D eigenvalue weighted by Gasteiger charge is 2.29. The minimum absolute atomic E-state index is 0.164. The molecule has 0 spiro atoms. The van der Waals surface area contributed by atoms with Crippen molar-refractivity contribution in [3.05, 3.63) is 46.7 Å². The maximum atomic E-state index is 5.77. The minimum atomic E-state index is 0.164. The number of thiophene rings is 1. The first-order chi connectivity index (χ1) is 6.95. The third kappa shape index (κ3) is 1.21. The zero-order valence-electron chi connectivity index (χ0n) is 7.64. The smallest absolute Gasteiger partial charge is 0.363 e. The maximum absolute atomic E-state index is 5.77. The SMILES string of the molecule is c1ccc2c(c1)COB2c1ccsc1. The Labute approximate surface area is 87.5 Å². The number of benzene rings is 1. The molecule has 1 aromatic carbocycles. The van der Waals surface area contributed by atoms with Crippen molar-refractivity contribution < 1.29 is 4.65 Å². The summed E-state index contributed by atoms with van der Waals surface area (Å²) in [7, 11) is 0. The van der Waals surface area contributed by atoms with Crippen LogP contribution in [0.5, 0.6) is 0 Å². The van der Waals surface area contributed by atoms with Gasteiger partial charge < -0.3 is 4.65 Å². The predicted molar refractivity (Wildman–Crippen MR) is 60.6 cm³/mol. The molecule has 3 heteroatoms. The Morgan fingerprint density at radius 1 is 1.21 bits per heavy atom. The van der Waals surface area contributed by atoms with Crippen molar-refractivity contribution in [3.63, 3.8) is 0 Å². The van der Waals surface area contributed by atoms with Gasteiger partial charge in [0.1, 0.15) is 0 Å². The lowest BCUT2D eigenvalue weighted by molar-refractivity contribution is 0.337. The van der Waals surface area contributed by atoms with E-state index in [0.717, 1.165) is 6.61 Å². The summed E-state index contributed by atoms with van der Waals surface area (Å²) in [5.41, 5.74) is 3.93. The first-order valence-electron chi connectivity index (χ1n) is 4.66. The minimum Gasteiger partial charge on any atom is -0.423 e. The van der Waals surface area contributed by atoms with Crippen LogP contribution in [0.15, 0.2) is 41.1 Å². The summed E-state index contributed by atoms with van der Waals surface area (Å²) in [5.74, 6) is 0. The molecule has 0 atom stereocenters. The first kappa shape index (κ1) is 8.27. The lowest BCUT2D eigenvalue weighted by Gasteiger charge is -2.02. The number of rotatable bonds is 1. The van der Waals surface area contributed by atoms with Gasteiger partial charge in [0.2, 0.25) is 0 Å². The summed E-state index contributed by atoms with van der Waals surface area (Å²) in [5, 5.41) is 4.26. The molecule has 0 N–H and O–H groups in total. The molecule has 0 bridgehead atoms. The van der Waals surface area contributed by atoms with Crippen molar-refractivity contribution in [3.8, 4) is 0 Å². The second-order valence-corrected chi connectivity index (χ2v) is 4.23. The van der Waals surface area contributed by atoms with Gasteiger partial charge in [0.15, 0.2) is 0 Å². The van der Waals surface area contributed by atoms with Gasteiger partial charge in [-0.25, -0.2) is 0 Å². The molecular weight excluding hydrogens is 191 g/mol. The monoisotopic (exact) mass is 200 g/mol. The van der Waals surface area contributed by atoms with Crippen LogP contribution in [0.4, 0.5) is 0 Å². The zero-order valence-corrected chi connectivity index (χ0v) is 8.46. The molecule has 68 valence electrons. The quantitative estimate of drug-likeness (QED) is 0.632. The molecule has 1 aliphatic heterocycles. The number of hydrogen-bond donors (Lipinski definition) is 0. The van der Waals surface area contributed by atoms with Gasteiger partial charge in [-0.2, -0.15) is 11.3 Å². The highest BCUT2D eigenvalue weighted by atomic mass is 32.1. The summed E-state index contributed by atoms with van der Waals surface area (Å²) in [6, 6.07) is 10.6. The van der Waals surface area contributed by atoms with Crippen LogP contribution < -0.4 is 10.9 Å². The topological polar surface area (TPSA) is 9.23 Å². The van der Waals surface area contributed by atoms with Gasteiger partial charge in [-0.3, -0.25) is 0 Å². The van der Waals surface area contributed by atoms with Crippen LogP contribution >= 0.6 is 11.3 Å². The summed E-state index contributed by atoms with van der Waals surface area (Å²) >= 11 is 1.72. The van der Waals surface area contributed by atoms with E-state index in [4.69, 9.17) is 4.65 Å². The number of fused-ring (bicyclic) bond motifs is 1.